The van der Waals surface area contributed by atoms with Gasteiger partial charge in [-0.05, 0) is 48.4 Å². The maximum Gasteiger partial charge on any atom is 0.256 e. The van der Waals surface area contributed by atoms with Crippen LogP contribution in [0.5, 0.6) is 0 Å². The van der Waals surface area contributed by atoms with E-state index in [1.165, 1.54) is 11.6 Å². The molecule has 0 bridgehead atoms. The molecule has 2 N–H and O–H groups in total. The van der Waals surface area contributed by atoms with Crippen molar-refractivity contribution < 1.29 is 13.9 Å². The molecule has 0 spiro atoms. The summed E-state index contributed by atoms with van der Waals surface area (Å²) < 4.78 is 22.2. The molecule has 3 heterocycles. The quantitative estimate of drug-likeness (QED) is 0.584. The fraction of sp³-hybridized carbons (Fsp3) is 0.464. The monoisotopic (exact) mass is 478 g/mol. The van der Waals surface area contributed by atoms with Crippen molar-refractivity contribution in [1.82, 2.24) is 14.4 Å². The second kappa shape index (κ2) is 10.5. The number of ether oxygens (including phenoxy) is 1. The van der Waals surface area contributed by atoms with Gasteiger partial charge >= 0.3 is 0 Å². The van der Waals surface area contributed by atoms with Crippen LogP contribution < -0.4 is 5.73 Å². The third kappa shape index (κ3) is 4.99. The van der Waals surface area contributed by atoms with Gasteiger partial charge in [-0.15, -0.1) is 0 Å². The molecule has 7 heteroatoms. The van der Waals surface area contributed by atoms with Gasteiger partial charge in [-0.3, -0.25) is 9.69 Å². The van der Waals surface area contributed by atoms with E-state index >= 15 is 0 Å². The van der Waals surface area contributed by atoms with E-state index in [4.69, 9.17) is 10.5 Å². The van der Waals surface area contributed by atoms with Crippen molar-refractivity contribution in [3.63, 3.8) is 0 Å². The molecule has 1 amide bonds. The second-order valence-corrected chi connectivity index (χ2v) is 9.79. The van der Waals surface area contributed by atoms with E-state index in [1.54, 1.807) is 6.07 Å². The average Bonchev–Trinajstić information content (AvgIpc) is 3.28. The van der Waals surface area contributed by atoms with E-state index in [-0.39, 0.29) is 17.6 Å². The molecule has 35 heavy (non-hydrogen) atoms. The van der Waals surface area contributed by atoms with Crippen LogP contribution in [0.4, 0.5) is 4.39 Å². The highest BCUT2D eigenvalue weighted by molar-refractivity contribution is 6.07. The Morgan fingerprint density at radius 3 is 2.60 bits per heavy atom. The number of para-hydroxylation sites is 1. The van der Waals surface area contributed by atoms with E-state index in [9.17, 15) is 9.18 Å². The Bertz CT molecular complexity index is 1190. The van der Waals surface area contributed by atoms with Crippen molar-refractivity contribution in [3.8, 4) is 0 Å². The predicted molar refractivity (Wildman–Crippen MR) is 136 cm³/mol. The van der Waals surface area contributed by atoms with Crippen LogP contribution in [0.15, 0.2) is 42.6 Å². The zero-order valence-corrected chi connectivity index (χ0v) is 20.5. The Balaban J connectivity index is 1.32. The molecule has 0 unspecified atom stereocenters. The summed E-state index contributed by atoms with van der Waals surface area (Å²) in [5.74, 6) is 0.00815. The number of fused-ring (bicyclic) bond motifs is 1. The molecule has 2 aliphatic rings. The molecule has 6 nitrogen and oxygen atoms in total. The number of halogens is 1. The first-order valence-corrected chi connectivity index (χ1v) is 12.7. The van der Waals surface area contributed by atoms with Crippen molar-refractivity contribution in [3.05, 3.63) is 70.7 Å². The highest BCUT2D eigenvalue weighted by Crippen LogP contribution is 2.32. The zero-order valence-electron chi connectivity index (χ0n) is 20.5. The molecule has 0 saturated carbocycles. The maximum absolute atomic E-state index is 14.5. The Morgan fingerprint density at radius 1 is 1.09 bits per heavy atom. The summed E-state index contributed by atoms with van der Waals surface area (Å²) in [7, 11) is 0. The van der Waals surface area contributed by atoms with Crippen LogP contribution in [-0.2, 0) is 17.8 Å². The van der Waals surface area contributed by atoms with Gasteiger partial charge in [-0.2, -0.15) is 0 Å². The number of amides is 1. The third-order valence-electron chi connectivity index (χ3n) is 7.61. The number of piperidine rings is 1. The van der Waals surface area contributed by atoms with Crippen molar-refractivity contribution in [2.24, 2.45) is 5.73 Å². The molecule has 3 aromatic rings. The summed E-state index contributed by atoms with van der Waals surface area (Å²) in [5, 5.41) is 1.01. The van der Waals surface area contributed by atoms with Crippen LogP contribution in [-0.4, -0.2) is 66.2 Å². The average molecular weight is 479 g/mol. The van der Waals surface area contributed by atoms with E-state index in [1.807, 2.05) is 23.2 Å². The molecule has 2 saturated heterocycles. The highest BCUT2D eigenvalue weighted by atomic mass is 19.1. The van der Waals surface area contributed by atoms with Gasteiger partial charge in [0.2, 0.25) is 0 Å². The Kier molecular flexibility index (Phi) is 7.18. The molecule has 2 aliphatic heterocycles. The lowest BCUT2D eigenvalue weighted by molar-refractivity contribution is 0.0365. The van der Waals surface area contributed by atoms with Crippen molar-refractivity contribution in [2.75, 3.05) is 45.9 Å². The van der Waals surface area contributed by atoms with Crippen molar-refractivity contribution >= 4 is 16.8 Å². The lowest BCUT2D eigenvalue weighted by atomic mass is 9.88. The van der Waals surface area contributed by atoms with Crippen LogP contribution in [0.1, 0.15) is 45.8 Å². The van der Waals surface area contributed by atoms with Crippen LogP contribution in [0.25, 0.3) is 10.9 Å². The lowest BCUT2D eigenvalue weighted by Gasteiger charge is -2.32. The smallest absolute Gasteiger partial charge is 0.256 e. The highest BCUT2D eigenvalue weighted by Gasteiger charge is 2.28. The molecule has 0 radical (unpaired) electrons. The standard InChI is InChI=1S/C28H35FN4O2/c1-20-3-2-4-23-25(19-33(27(20)23)12-11-31-13-15-35-16-14-31)28(34)32-9-7-22(8-10-32)24-17-21(18-30)5-6-26(24)29/h2-6,17,19,22H,7-16,18,30H2,1H3. The summed E-state index contributed by atoms with van der Waals surface area (Å²) in [6.07, 6.45) is 3.55. The largest absolute Gasteiger partial charge is 0.379 e. The number of carbonyl (C=O) groups excluding carboxylic acids is 1. The first-order chi connectivity index (χ1) is 17.0. The Hall–Kier alpha value is -2.74. The van der Waals surface area contributed by atoms with E-state index in [0.717, 1.165) is 79.8 Å². The summed E-state index contributed by atoms with van der Waals surface area (Å²) in [6, 6.07) is 11.3. The van der Waals surface area contributed by atoms with Gasteiger partial charge in [0.25, 0.3) is 5.91 Å². The van der Waals surface area contributed by atoms with Gasteiger partial charge in [0, 0.05) is 57.4 Å². The fourth-order valence-electron chi connectivity index (χ4n) is 5.57. The number of aromatic nitrogens is 1. The van der Waals surface area contributed by atoms with Gasteiger partial charge in [-0.1, -0.05) is 30.3 Å². The first kappa shape index (κ1) is 24.0. The number of rotatable bonds is 6. The number of nitrogens with zero attached hydrogens (tertiary/aromatic N) is 3. The minimum atomic E-state index is -0.175. The summed E-state index contributed by atoms with van der Waals surface area (Å²) in [4.78, 5) is 18.0. The number of nitrogens with two attached hydrogens (primary N) is 1. The van der Waals surface area contributed by atoms with Crippen LogP contribution in [0.2, 0.25) is 0 Å². The second-order valence-electron chi connectivity index (χ2n) is 9.79. The number of aryl methyl sites for hydroxylation is 1. The third-order valence-corrected chi connectivity index (χ3v) is 7.61. The van der Waals surface area contributed by atoms with Gasteiger partial charge in [-0.25, -0.2) is 4.39 Å². The molecule has 0 atom stereocenters. The Labute approximate surface area is 206 Å². The fourth-order valence-corrected chi connectivity index (χ4v) is 5.57. The molecule has 186 valence electrons. The zero-order chi connectivity index (χ0) is 24.4. The van der Waals surface area contributed by atoms with E-state index in [2.05, 4.69) is 28.5 Å². The number of carbonyl (C=O) groups is 1. The topological polar surface area (TPSA) is 63.7 Å². The minimum absolute atomic E-state index is 0.0698. The molecule has 2 aromatic carbocycles. The molecule has 2 fully saturated rings. The minimum Gasteiger partial charge on any atom is -0.379 e. The number of benzene rings is 2. The summed E-state index contributed by atoms with van der Waals surface area (Å²) >= 11 is 0. The van der Waals surface area contributed by atoms with Gasteiger partial charge < -0.3 is 19.9 Å². The van der Waals surface area contributed by atoms with Crippen molar-refractivity contribution in [1.29, 1.82) is 0 Å². The maximum atomic E-state index is 14.5. The van der Waals surface area contributed by atoms with Gasteiger partial charge in [0.15, 0.2) is 0 Å². The number of hydrogen-bond donors (Lipinski definition) is 1. The van der Waals surface area contributed by atoms with Crippen LogP contribution >= 0.6 is 0 Å². The van der Waals surface area contributed by atoms with Gasteiger partial charge in [0.05, 0.1) is 24.3 Å². The van der Waals surface area contributed by atoms with Crippen molar-refractivity contribution in [2.45, 2.75) is 38.8 Å². The number of morpholine rings is 1. The number of hydrogen-bond acceptors (Lipinski definition) is 4. The Morgan fingerprint density at radius 2 is 1.86 bits per heavy atom. The summed E-state index contributed by atoms with van der Waals surface area (Å²) in [6.45, 7) is 9.01. The van der Waals surface area contributed by atoms with E-state index < -0.39 is 0 Å². The molecule has 5 rings (SSSR count). The summed E-state index contributed by atoms with van der Waals surface area (Å²) in [5.41, 5.74) is 10.5. The van der Waals surface area contributed by atoms with Gasteiger partial charge in [0.1, 0.15) is 5.82 Å². The lowest BCUT2D eigenvalue weighted by Crippen LogP contribution is -2.38. The molecular weight excluding hydrogens is 443 g/mol. The van der Waals surface area contributed by atoms with Crippen LogP contribution in [0, 0.1) is 12.7 Å². The van der Waals surface area contributed by atoms with Crippen LogP contribution in [0.3, 0.4) is 0 Å². The number of likely N-dealkylation sites (tertiary alicyclic amines) is 1. The SMILES string of the molecule is Cc1cccc2c(C(=O)N3CCC(c4cc(CN)ccc4F)CC3)cn(CCN3CCOCC3)c12. The molecule has 0 aliphatic carbocycles. The predicted octanol–water partition coefficient (Wildman–Crippen LogP) is 3.90. The van der Waals surface area contributed by atoms with E-state index in [0.29, 0.717) is 19.6 Å². The molecule has 1 aromatic heterocycles. The molecular formula is C28H35FN4O2. The first-order valence-electron chi connectivity index (χ1n) is 12.7. The normalized spacial score (nSPS) is 17.9.